The van der Waals surface area contributed by atoms with Crippen LogP contribution in [0.4, 0.5) is 4.79 Å². The predicted molar refractivity (Wildman–Crippen MR) is 197 cm³/mol. The summed E-state index contributed by atoms with van der Waals surface area (Å²) in [6.07, 6.45) is 6.88. The van der Waals surface area contributed by atoms with Crippen molar-refractivity contribution in [1.82, 2.24) is 10.2 Å². The number of nitrogens with zero attached hydrogens (tertiary/aromatic N) is 1. The Morgan fingerprint density at radius 3 is 2.19 bits per heavy atom. The molecule has 6 heteroatoms. The lowest BCUT2D eigenvalue weighted by Crippen LogP contribution is -2.38. The summed E-state index contributed by atoms with van der Waals surface area (Å²) in [6, 6.07) is 36.6. The third kappa shape index (κ3) is 11.9. The highest BCUT2D eigenvalue weighted by Crippen LogP contribution is 2.36. The topological polar surface area (TPSA) is 71.0 Å². The second kappa shape index (κ2) is 19.3. The molecular formula is C42H52N2O4. The van der Waals surface area contributed by atoms with Crippen molar-refractivity contribution in [2.45, 2.75) is 78.0 Å². The van der Waals surface area contributed by atoms with Crippen LogP contribution in [0.2, 0.25) is 0 Å². The lowest BCUT2D eigenvalue weighted by atomic mass is 9.86. The zero-order valence-corrected chi connectivity index (χ0v) is 29.0. The number of rotatable bonds is 19. The number of nitrogens with one attached hydrogen (secondary N) is 1. The Bertz CT molecular complexity index is 1530. The first-order chi connectivity index (χ1) is 23.3. The van der Waals surface area contributed by atoms with Crippen molar-refractivity contribution < 1.29 is 19.4 Å². The number of benzene rings is 4. The fourth-order valence-electron chi connectivity index (χ4n) is 6.06. The molecular weight excluding hydrogens is 596 g/mol. The summed E-state index contributed by atoms with van der Waals surface area (Å²) >= 11 is 0. The smallest absolute Gasteiger partial charge is 0.404 e. The molecule has 6 nitrogen and oxygen atoms in total. The first-order valence-electron chi connectivity index (χ1n) is 17.3. The van der Waals surface area contributed by atoms with Gasteiger partial charge in [0.25, 0.3) is 0 Å². The molecule has 0 aliphatic heterocycles. The van der Waals surface area contributed by atoms with E-state index in [9.17, 15) is 4.79 Å². The van der Waals surface area contributed by atoms with Gasteiger partial charge in [0.2, 0.25) is 0 Å². The standard InChI is InChI=1S/C42H52N2O4/c1-32(2)44(33(3)4)28-26-39(37-17-11-6-12-18-37)40-30-35(21-24-41(40)48-31-36-15-8-5-9-16-36)14-10-7-13-29-47-38-22-19-34(20-23-38)25-27-43-42(45)46/h5-6,8-12,14-24,30,32-33,39,43H,7,13,25-29,31H2,1-4H3,(H,45,46)/b14-10+/t39-/m1/s1. The van der Waals surface area contributed by atoms with Gasteiger partial charge >= 0.3 is 6.09 Å². The Labute approximate surface area is 287 Å². The van der Waals surface area contributed by atoms with E-state index in [0.717, 1.165) is 54.0 Å². The molecule has 0 heterocycles. The summed E-state index contributed by atoms with van der Waals surface area (Å²) in [5.41, 5.74) is 5.91. The van der Waals surface area contributed by atoms with Crippen LogP contribution in [-0.2, 0) is 13.0 Å². The normalized spacial score (nSPS) is 12.1. The number of unbranched alkanes of at least 4 members (excludes halogenated alkanes) is 1. The third-order valence-electron chi connectivity index (χ3n) is 8.56. The highest BCUT2D eigenvalue weighted by molar-refractivity contribution is 5.64. The number of carbonyl (C=O) groups is 1. The minimum atomic E-state index is -0.999. The van der Waals surface area contributed by atoms with E-state index in [0.29, 0.717) is 38.3 Å². The number of ether oxygens (including phenoxy) is 2. The van der Waals surface area contributed by atoms with E-state index in [1.54, 1.807) is 0 Å². The molecule has 4 aromatic carbocycles. The molecule has 0 aliphatic carbocycles. The minimum absolute atomic E-state index is 0.193. The van der Waals surface area contributed by atoms with Crippen LogP contribution in [0.15, 0.2) is 109 Å². The van der Waals surface area contributed by atoms with Gasteiger partial charge in [-0.05, 0) is 106 Å². The summed E-state index contributed by atoms with van der Waals surface area (Å²) in [5, 5.41) is 11.1. The quantitative estimate of drug-likeness (QED) is 0.0991. The largest absolute Gasteiger partial charge is 0.494 e. The van der Waals surface area contributed by atoms with Gasteiger partial charge in [0.1, 0.15) is 18.1 Å². The van der Waals surface area contributed by atoms with Gasteiger partial charge in [-0.25, -0.2) is 4.79 Å². The molecule has 0 saturated heterocycles. The zero-order chi connectivity index (χ0) is 34.1. The van der Waals surface area contributed by atoms with E-state index in [1.807, 2.05) is 30.3 Å². The van der Waals surface area contributed by atoms with Gasteiger partial charge in [0.05, 0.1) is 6.61 Å². The maximum Gasteiger partial charge on any atom is 0.404 e. The summed E-state index contributed by atoms with van der Waals surface area (Å²) in [6.45, 7) is 11.7. The Morgan fingerprint density at radius 1 is 0.833 bits per heavy atom. The molecule has 0 saturated carbocycles. The van der Waals surface area contributed by atoms with Crippen LogP contribution in [-0.4, -0.2) is 47.9 Å². The second-order valence-electron chi connectivity index (χ2n) is 12.8. The maximum absolute atomic E-state index is 10.6. The van der Waals surface area contributed by atoms with E-state index in [4.69, 9.17) is 14.6 Å². The van der Waals surface area contributed by atoms with E-state index in [-0.39, 0.29) is 5.92 Å². The van der Waals surface area contributed by atoms with Gasteiger partial charge in [0.15, 0.2) is 0 Å². The van der Waals surface area contributed by atoms with Crippen LogP contribution in [0.1, 0.15) is 80.7 Å². The number of hydrogen-bond donors (Lipinski definition) is 2. The summed E-state index contributed by atoms with van der Waals surface area (Å²) < 4.78 is 12.5. The number of hydrogen-bond acceptors (Lipinski definition) is 4. The summed E-state index contributed by atoms with van der Waals surface area (Å²) in [4.78, 5) is 13.2. The van der Waals surface area contributed by atoms with Crippen LogP contribution in [0, 0.1) is 0 Å². The Balaban J connectivity index is 1.45. The van der Waals surface area contributed by atoms with Crippen molar-refractivity contribution in [3.63, 3.8) is 0 Å². The fourth-order valence-corrected chi connectivity index (χ4v) is 6.06. The highest BCUT2D eigenvalue weighted by atomic mass is 16.5. The molecule has 0 fully saturated rings. The number of allylic oxidation sites excluding steroid dienone is 1. The van der Waals surface area contributed by atoms with Crippen molar-refractivity contribution in [2.24, 2.45) is 0 Å². The van der Waals surface area contributed by atoms with Gasteiger partial charge in [0, 0.05) is 30.1 Å². The van der Waals surface area contributed by atoms with E-state index >= 15 is 0 Å². The second-order valence-corrected chi connectivity index (χ2v) is 12.8. The Hall–Kier alpha value is -4.55. The fraction of sp³-hybridized carbons (Fsp3) is 0.357. The zero-order valence-electron chi connectivity index (χ0n) is 29.0. The minimum Gasteiger partial charge on any atom is -0.494 e. The molecule has 1 atom stereocenters. The third-order valence-corrected chi connectivity index (χ3v) is 8.56. The molecule has 0 unspecified atom stereocenters. The molecule has 2 N–H and O–H groups in total. The Kier molecular flexibility index (Phi) is 14.6. The van der Waals surface area contributed by atoms with E-state index < -0.39 is 6.09 Å². The molecule has 254 valence electrons. The Morgan fingerprint density at radius 2 is 1.52 bits per heavy atom. The number of carboxylic acid groups (broad SMARTS) is 1. The van der Waals surface area contributed by atoms with Crippen LogP contribution < -0.4 is 14.8 Å². The molecule has 0 bridgehead atoms. The first kappa shape index (κ1) is 36.3. The van der Waals surface area contributed by atoms with Crippen molar-refractivity contribution in [3.8, 4) is 11.5 Å². The molecule has 0 aromatic heterocycles. The molecule has 4 aromatic rings. The molecule has 0 spiro atoms. The van der Waals surface area contributed by atoms with Crippen molar-refractivity contribution in [1.29, 1.82) is 0 Å². The van der Waals surface area contributed by atoms with Crippen LogP contribution in [0.3, 0.4) is 0 Å². The number of amides is 1. The molecule has 0 aliphatic rings. The van der Waals surface area contributed by atoms with Gasteiger partial charge < -0.3 is 19.9 Å². The van der Waals surface area contributed by atoms with Crippen molar-refractivity contribution in [3.05, 3.63) is 137 Å². The average molecular weight is 649 g/mol. The average Bonchev–Trinajstić information content (AvgIpc) is 3.08. The van der Waals surface area contributed by atoms with E-state index in [1.165, 1.54) is 11.1 Å². The maximum atomic E-state index is 10.6. The summed E-state index contributed by atoms with van der Waals surface area (Å²) in [5.74, 6) is 1.95. The van der Waals surface area contributed by atoms with Crippen LogP contribution in [0.25, 0.3) is 6.08 Å². The van der Waals surface area contributed by atoms with Crippen molar-refractivity contribution >= 4 is 12.2 Å². The van der Waals surface area contributed by atoms with Gasteiger partial charge in [-0.1, -0.05) is 91.0 Å². The lowest BCUT2D eigenvalue weighted by molar-refractivity contribution is 0.170. The van der Waals surface area contributed by atoms with Crippen LogP contribution >= 0.6 is 0 Å². The molecule has 1 amide bonds. The van der Waals surface area contributed by atoms with Gasteiger partial charge in [-0.15, -0.1) is 0 Å². The van der Waals surface area contributed by atoms with E-state index in [2.05, 4.69) is 123 Å². The van der Waals surface area contributed by atoms with Gasteiger partial charge in [-0.3, -0.25) is 4.90 Å². The first-order valence-corrected chi connectivity index (χ1v) is 17.3. The van der Waals surface area contributed by atoms with Gasteiger partial charge in [-0.2, -0.15) is 0 Å². The van der Waals surface area contributed by atoms with Crippen LogP contribution in [0.5, 0.6) is 11.5 Å². The highest BCUT2D eigenvalue weighted by Gasteiger charge is 2.22. The molecule has 4 rings (SSSR count). The SMILES string of the molecule is CC(C)N(CC[C@H](c1ccccc1)c1cc(/C=C/CCCOc2ccc(CCNC(=O)O)cc2)ccc1OCc1ccccc1)C(C)C. The lowest BCUT2D eigenvalue weighted by Gasteiger charge is -2.32. The predicted octanol–water partition coefficient (Wildman–Crippen LogP) is 9.59. The molecule has 48 heavy (non-hydrogen) atoms. The monoisotopic (exact) mass is 648 g/mol. The summed E-state index contributed by atoms with van der Waals surface area (Å²) in [7, 11) is 0. The van der Waals surface area contributed by atoms with Crippen molar-refractivity contribution in [2.75, 3.05) is 19.7 Å². The molecule has 0 radical (unpaired) electrons.